The molecule has 0 aliphatic carbocycles. The summed E-state index contributed by atoms with van der Waals surface area (Å²) in [6.07, 6.45) is 3.04. The molecule has 1 N–H and O–H groups in total. The molecule has 0 amide bonds. The van der Waals surface area contributed by atoms with Crippen molar-refractivity contribution in [2.45, 2.75) is 45.8 Å². The minimum atomic E-state index is 0.194. The highest BCUT2D eigenvalue weighted by atomic mass is 16.5. The first-order valence-corrected chi connectivity index (χ1v) is 8.97. The molecule has 1 fully saturated rings. The van der Waals surface area contributed by atoms with Crippen LogP contribution in [0.3, 0.4) is 0 Å². The Morgan fingerprint density at radius 3 is 2.60 bits per heavy atom. The number of aliphatic hydroxyl groups excluding tert-OH is 1. The zero-order chi connectivity index (χ0) is 17.6. The Morgan fingerprint density at radius 2 is 1.92 bits per heavy atom. The zero-order valence-electron chi connectivity index (χ0n) is 15.1. The molecular weight excluding hydrogens is 318 g/mol. The lowest BCUT2D eigenvalue weighted by Crippen LogP contribution is -2.37. The van der Waals surface area contributed by atoms with Gasteiger partial charge in [-0.25, -0.2) is 0 Å². The molecule has 1 aromatic heterocycles. The summed E-state index contributed by atoms with van der Waals surface area (Å²) in [5.74, 6) is 0.872. The molecular formula is C18H27N5O2. The van der Waals surface area contributed by atoms with Gasteiger partial charge in [-0.1, -0.05) is 18.2 Å². The largest absolute Gasteiger partial charge is 0.396 e. The molecule has 1 saturated heterocycles. The van der Waals surface area contributed by atoms with E-state index in [0.717, 1.165) is 44.0 Å². The van der Waals surface area contributed by atoms with Crippen LogP contribution >= 0.6 is 0 Å². The molecule has 1 aliphatic rings. The Bertz CT molecular complexity index is 660. The topological polar surface area (TPSA) is 76.3 Å². The van der Waals surface area contributed by atoms with Crippen LogP contribution in [0.2, 0.25) is 0 Å². The quantitative estimate of drug-likeness (QED) is 0.769. The highest BCUT2D eigenvalue weighted by Gasteiger charge is 2.22. The number of para-hydroxylation sites is 1. The summed E-state index contributed by atoms with van der Waals surface area (Å²) in [5, 5.41) is 21.2. The number of benzene rings is 1. The molecule has 3 rings (SSSR count). The van der Waals surface area contributed by atoms with E-state index in [9.17, 15) is 0 Å². The van der Waals surface area contributed by atoms with Gasteiger partial charge in [0.05, 0.1) is 18.3 Å². The van der Waals surface area contributed by atoms with Crippen LogP contribution in [0.25, 0.3) is 5.69 Å². The molecule has 0 atom stereocenters. The van der Waals surface area contributed by atoms with Crippen LogP contribution in [0.4, 0.5) is 0 Å². The van der Waals surface area contributed by atoms with Crippen LogP contribution in [0.5, 0.6) is 0 Å². The smallest absolute Gasteiger partial charge is 0.170 e. The fraction of sp³-hybridized carbons (Fsp3) is 0.611. The number of rotatable bonds is 7. The number of aryl methyl sites for hydroxylation is 2. The fourth-order valence-electron chi connectivity index (χ4n) is 3.37. The third-order valence-corrected chi connectivity index (χ3v) is 4.74. The lowest BCUT2D eigenvalue weighted by molar-refractivity contribution is 0.000234. The molecule has 2 aromatic rings. The monoisotopic (exact) mass is 345 g/mol. The number of piperidine rings is 1. The van der Waals surface area contributed by atoms with Gasteiger partial charge in [-0.2, -0.15) is 4.68 Å². The predicted molar refractivity (Wildman–Crippen MR) is 94.6 cm³/mol. The van der Waals surface area contributed by atoms with Crippen molar-refractivity contribution in [3.8, 4) is 5.69 Å². The van der Waals surface area contributed by atoms with Crippen molar-refractivity contribution >= 4 is 0 Å². The molecule has 25 heavy (non-hydrogen) atoms. The van der Waals surface area contributed by atoms with Crippen molar-refractivity contribution in [3.05, 3.63) is 35.2 Å². The van der Waals surface area contributed by atoms with Crippen molar-refractivity contribution in [2.75, 3.05) is 26.3 Å². The SMILES string of the molecule is Cc1cccc(C)c1-n1nnnc1CN1CCC(OCCCO)CC1. The van der Waals surface area contributed by atoms with Crippen LogP contribution in [-0.2, 0) is 11.3 Å². The third kappa shape index (κ3) is 4.42. The molecule has 1 aliphatic heterocycles. The van der Waals surface area contributed by atoms with Crippen molar-refractivity contribution in [2.24, 2.45) is 0 Å². The van der Waals surface area contributed by atoms with Gasteiger partial charge < -0.3 is 9.84 Å². The number of aromatic nitrogens is 4. The second-order valence-electron chi connectivity index (χ2n) is 6.67. The molecule has 2 heterocycles. The first-order valence-electron chi connectivity index (χ1n) is 8.97. The van der Waals surface area contributed by atoms with Gasteiger partial charge in [0.25, 0.3) is 0 Å². The van der Waals surface area contributed by atoms with Crippen molar-refractivity contribution in [3.63, 3.8) is 0 Å². The highest BCUT2D eigenvalue weighted by molar-refractivity contribution is 5.46. The Labute approximate surface area is 148 Å². The van der Waals surface area contributed by atoms with Gasteiger partial charge in [0.2, 0.25) is 0 Å². The van der Waals surface area contributed by atoms with Crippen LogP contribution < -0.4 is 0 Å². The summed E-state index contributed by atoms with van der Waals surface area (Å²) in [6, 6.07) is 6.23. The van der Waals surface area contributed by atoms with E-state index >= 15 is 0 Å². The average Bonchev–Trinajstić information content (AvgIpc) is 3.04. The number of tetrazole rings is 1. The summed E-state index contributed by atoms with van der Waals surface area (Å²) in [4.78, 5) is 2.38. The van der Waals surface area contributed by atoms with E-state index in [0.29, 0.717) is 19.1 Å². The maximum atomic E-state index is 8.83. The molecule has 7 nitrogen and oxygen atoms in total. The number of ether oxygens (including phenoxy) is 1. The molecule has 0 unspecified atom stereocenters. The van der Waals surface area contributed by atoms with Gasteiger partial charge >= 0.3 is 0 Å². The standard InChI is InChI=1S/C18H27N5O2/c1-14-5-3-6-15(2)18(14)23-17(19-20-21-23)13-22-9-7-16(8-10-22)25-12-4-11-24/h3,5-6,16,24H,4,7-13H2,1-2H3. The minimum Gasteiger partial charge on any atom is -0.396 e. The van der Waals surface area contributed by atoms with Gasteiger partial charge in [0.1, 0.15) is 0 Å². The van der Waals surface area contributed by atoms with Crippen LogP contribution in [0, 0.1) is 13.8 Å². The van der Waals surface area contributed by atoms with Crippen molar-refractivity contribution in [1.29, 1.82) is 0 Å². The number of likely N-dealkylation sites (tertiary alicyclic amines) is 1. The van der Waals surface area contributed by atoms with E-state index in [4.69, 9.17) is 9.84 Å². The predicted octanol–water partition coefficient (Wildman–Crippen LogP) is 1.64. The summed E-state index contributed by atoms with van der Waals surface area (Å²) < 4.78 is 7.67. The van der Waals surface area contributed by atoms with E-state index < -0.39 is 0 Å². The van der Waals surface area contributed by atoms with Gasteiger partial charge in [-0.3, -0.25) is 4.90 Å². The number of hydrogen-bond donors (Lipinski definition) is 1. The summed E-state index contributed by atoms with van der Waals surface area (Å²) in [6.45, 7) is 7.70. The van der Waals surface area contributed by atoms with E-state index in [1.807, 2.05) is 4.68 Å². The number of nitrogens with zero attached hydrogens (tertiary/aromatic N) is 5. The fourth-order valence-corrected chi connectivity index (χ4v) is 3.37. The Balaban J connectivity index is 1.61. The minimum absolute atomic E-state index is 0.194. The number of aliphatic hydroxyl groups is 1. The normalized spacial score (nSPS) is 16.4. The van der Waals surface area contributed by atoms with Gasteiger partial charge in [0.15, 0.2) is 5.82 Å². The Hall–Kier alpha value is -1.83. The first kappa shape index (κ1) is 18.0. The maximum absolute atomic E-state index is 8.83. The van der Waals surface area contributed by atoms with Crippen molar-refractivity contribution in [1.82, 2.24) is 25.1 Å². The third-order valence-electron chi connectivity index (χ3n) is 4.74. The zero-order valence-corrected chi connectivity index (χ0v) is 15.1. The van der Waals surface area contributed by atoms with Crippen LogP contribution in [0.1, 0.15) is 36.2 Å². The van der Waals surface area contributed by atoms with E-state index in [1.165, 1.54) is 11.1 Å². The molecule has 0 radical (unpaired) electrons. The second kappa shape index (κ2) is 8.51. The molecule has 1 aromatic carbocycles. The van der Waals surface area contributed by atoms with E-state index in [2.05, 4.69) is 52.5 Å². The summed E-state index contributed by atoms with van der Waals surface area (Å²) in [7, 11) is 0. The molecule has 0 spiro atoms. The molecule has 136 valence electrons. The average molecular weight is 345 g/mol. The van der Waals surface area contributed by atoms with Crippen molar-refractivity contribution < 1.29 is 9.84 Å². The van der Waals surface area contributed by atoms with E-state index in [1.54, 1.807) is 0 Å². The molecule has 7 heteroatoms. The molecule has 0 bridgehead atoms. The summed E-state index contributed by atoms with van der Waals surface area (Å²) in [5.41, 5.74) is 3.42. The highest BCUT2D eigenvalue weighted by Crippen LogP contribution is 2.20. The van der Waals surface area contributed by atoms with Gasteiger partial charge in [-0.15, -0.1) is 5.10 Å². The maximum Gasteiger partial charge on any atom is 0.170 e. The second-order valence-corrected chi connectivity index (χ2v) is 6.67. The van der Waals surface area contributed by atoms with Crippen LogP contribution in [-0.4, -0.2) is 62.6 Å². The molecule has 0 saturated carbocycles. The van der Waals surface area contributed by atoms with Gasteiger partial charge in [0, 0.05) is 26.3 Å². The first-order chi connectivity index (χ1) is 12.2. The number of hydrogen-bond acceptors (Lipinski definition) is 6. The van der Waals surface area contributed by atoms with E-state index in [-0.39, 0.29) is 6.61 Å². The summed E-state index contributed by atoms with van der Waals surface area (Å²) >= 11 is 0. The Morgan fingerprint density at radius 1 is 1.20 bits per heavy atom. The van der Waals surface area contributed by atoms with Crippen LogP contribution in [0.15, 0.2) is 18.2 Å². The lowest BCUT2D eigenvalue weighted by atomic mass is 10.1. The Kier molecular flexibility index (Phi) is 6.12. The van der Waals surface area contributed by atoms with Gasteiger partial charge in [-0.05, 0) is 54.7 Å². The lowest BCUT2D eigenvalue weighted by Gasteiger charge is -2.31.